The SMILES string of the molecule is NC(=O)c1cnn(C2CCN(C(=O)c3cccc4c3OCCO4)C2)c1. The van der Waals surface area contributed by atoms with Crippen LogP contribution in [0, 0.1) is 0 Å². The average Bonchev–Trinajstić information content (AvgIpc) is 3.30. The van der Waals surface area contributed by atoms with Gasteiger partial charge in [0.25, 0.3) is 11.8 Å². The number of hydrogen-bond donors (Lipinski definition) is 1. The van der Waals surface area contributed by atoms with Crippen LogP contribution in [0.4, 0.5) is 0 Å². The molecule has 130 valence electrons. The van der Waals surface area contributed by atoms with Gasteiger partial charge in [0.1, 0.15) is 13.2 Å². The van der Waals surface area contributed by atoms with Gasteiger partial charge in [0.2, 0.25) is 0 Å². The molecule has 1 atom stereocenters. The highest BCUT2D eigenvalue weighted by atomic mass is 16.6. The Morgan fingerprint density at radius 2 is 2.08 bits per heavy atom. The summed E-state index contributed by atoms with van der Waals surface area (Å²) in [6.07, 6.45) is 3.84. The van der Waals surface area contributed by atoms with Crippen LogP contribution in [-0.2, 0) is 0 Å². The zero-order chi connectivity index (χ0) is 17.4. The highest BCUT2D eigenvalue weighted by Gasteiger charge is 2.31. The number of carbonyl (C=O) groups excluding carboxylic acids is 2. The number of ether oxygens (including phenoxy) is 2. The van der Waals surface area contributed by atoms with Gasteiger partial charge in [-0.25, -0.2) is 0 Å². The lowest BCUT2D eigenvalue weighted by molar-refractivity contribution is 0.0776. The predicted molar refractivity (Wildman–Crippen MR) is 87.7 cm³/mol. The molecule has 1 aromatic heterocycles. The number of primary amides is 1. The van der Waals surface area contributed by atoms with Crippen LogP contribution in [0.3, 0.4) is 0 Å². The Morgan fingerprint density at radius 1 is 1.24 bits per heavy atom. The van der Waals surface area contributed by atoms with Crippen molar-refractivity contribution in [2.75, 3.05) is 26.3 Å². The van der Waals surface area contributed by atoms with Gasteiger partial charge in [-0.2, -0.15) is 5.10 Å². The zero-order valence-electron chi connectivity index (χ0n) is 13.6. The second kappa shape index (κ2) is 6.12. The van der Waals surface area contributed by atoms with Crippen molar-refractivity contribution < 1.29 is 19.1 Å². The fraction of sp³-hybridized carbons (Fsp3) is 0.353. The quantitative estimate of drug-likeness (QED) is 0.891. The normalized spacial score (nSPS) is 19.0. The Bertz CT molecular complexity index is 832. The average molecular weight is 342 g/mol. The van der Waals surface area contributed by atoms with Crippen LogP contribution in [-0.4, -0.2) is 52.8 Å². The van der Waals surface area contributed by atoms with Gasteiger partial charge in [0, 0.05) is 19.3 Å². The third kappa shape index (κ3) is 2.79. The first kappa shape index (κ1) is 15.5. The minimum Gasteiger partial charge on any atom is -0.486 e. The molecule has 0 bridgehead atoms. The molecular weight excluding hydrogens is 324 g/mol. The zero-order valence-corrected chi connectivity index (χ0v) is 13.6. The maximum Gasteiger partial charge on any atom is 0.257 e. The summed E-state index contributed by atoms with van der Waals surface area (Å²) >= 11 is 0. The summed E-state index contributed by atoms with van der Waals surface area (Å²) in [5, 5.41) is 4.19. The van der Waals surface area contributed by atoms with Crippen molar-refractivity contribution in [1.29, 1.82) is 0 Å². The molecule has 3 heterocycles. The fourth-order valence-electron chi connectivity index (χ4n) is 3.22. The molecule has 2 amide bonds. The number of rotatable bonds is 3. The summed E-state index contributed by atoms with van der Waals surface area (Å²) in [7, 11) is 0. The first-order valence-corrected chi connectivity index (χ1v) is 8.15. The number of hydrogen-bond acceptors (Lipinski definition) is 5. The van der Waals surface area contributed by atoms with E-state index < -0.39 is 5.91 Å². The monoisotopic (exact) mass is 342 g/mol. The van der Waals surface area contributed by atoms with Crippen molar-refractivity contribution >= 4 is 11.8 Å². The van der Waals surface area contributed by atoms with Gasteiger partial charge in [0.05, 0.1) is 23.4 Å². The molecule has 0 spiro atoms. The van der Waals surface area contributed by atoms with Crippen LogP contribution >= 0.6 is 0 Å². The van der Waals surface area contributed by atoms with Crippen molar-refractivity contribution in [3.63, 3.8) is 0 Å². The van der Waals surface area contributed by atoms with E-state index in [-0.39, 0.29) is 11.9 Å². The van der Waals surface area contributed by atoms with Gasteiger partial charge >= 0.3 is 0 Å². The molecule has 4 rings (SSSR count). The molecule has 2 aliphatic heterocycles. The number of benzene rings is 1. The molecule has 2 aromatic rings. The molecule has 25 heavy (non-hydrogen) atoms. The van der Waals surface area contributed by atoms with Crippen LogP contribution in [0.2, 0.25) is 0 Å². The second-order valence-corrected chi connectivity index (χ2v) is 6.10. The largest absolute Gasteiger partial charge is 0.486 e. The molecule has 2 aliphatic rings. The van der Waals surface area contributed by atoms with Gasteiger partial charge in [-0.3, -0.25) is 14.3 Å². The highest BCUT2D eigenvalue weighted by Crippen LogP contribution is 2.35. The fourth-order valence-corrected chi connectivity index (χ4v) is 3.22. The summed E-state index contributed by atoms with van der Waals surface area (Å²) < 4.78 is 12.9. The Kier molecular flexibility index (Phi) is 3.79. The van der Waals surface area contributed by atoms with Gasteiger partial charge < -0.3 is 20.1 Å². The van der Waals surface area contributed by atoms with Crippen molar-refractivity contribution in [3.05, 3.63) is 41.7 Å². The number of amides is 2. The number of carbonyl (C=O) groups is 2. The van der Waals surface area contributed by atoms with E-state index in [2.05, 4.69) is 5.10 Å². The summed E-state index contributed by atoms with van der Waals surface area (Å²) in [6.45, 7) is 2.05. The van der Waals surface area contributed by atoms with Crippen LogP contribution in [0.25, 0.3) is 0 Å². The molecule has 8 nitrogen and oxygen atoms in total. The first-order chi connectivity index (χ1) is 12.1. The molecule has 8 heteroatoms. The lowest BCUT2D eigenvalue weighted by atomic mass is 10.1. The van der Waals surface area contributed by atoms with E-state index in [1.165, 1.54) is 6.20 Å². The maximum atomic E-state index is 12.9. The van der Waals surface area contributed by atoms with Crippen molar-refractivity contribution in [2.45, 2.75) is 12.5 Å². The molecule has 1 unspecified atom stereocenters. The van der Waals surface area contributed by atoms with E-state index in [0.29, 0.717) is 48.9 Å². The summed E-state index contributed by atoms with van der Waals surface area (Å²) in [5.74, 6) is 0.515. The number of nitrogens with two attached hydrogens (primary N) is 1. The lowest BCUT2D eigenvalue weighted by Crippen LogP contribution is -2.30. The first-order valence-electron chi connectivity index (χ1n) is 8.15. The Balaban J connectivity index is 1.52. The third-order valence-electron chi connectivity index (χ3n) is 4.51. The van der Waals surface area contributed by atoms with E-state index in [4.69, 9.17) is 15.2 Å². The van der Waals surface area contributed by atoms with Gasteiger partial charge in [-0.05, 0) is 18.6 Å². The van der Waals surface area contributed by atoms with E-state index in [0.717, 1.165) is 6.42 Å². The number of fused-ring (bicyclic) bond motifs is 1. The molecule has 0 radical (unpaired) electrons. The number of para-hydroxylation sites is 1. The van der Waals surface area contributed by atoms with Crippen LogP contribution in [0.5, 0.6) is 11.5 Å². The topological polar surface area (TPSA) is 99.7 Å². The van der Waals surface area contributed by atoms with E-state index in [9.17, 15) is 9.59 Å². The van der Waals surface area contributed by atoms with Crippen LogP contribution in [0.15, 0.2) is 30.6 Å². The Hall–Kier alpha value is -3.03. The van der Waals surface area contributed by atoms with E-state index >= 15 is 0 Å². The standard InChI is InChI=1S/C17H18N4O4/c18-16(22)11-8-19-21(9-11)12-4-5-20(10-12)17(23)13-2-1-3-14-15(13)25-7-6-24-14/h1-3,8-9,12H,4-7,10H2,(H2,18,22). The second-order valence-electron chi connectivity index (χ2n) is 6.10. The molecular formula is C17H18N4O4. The molecule has 0 aliphatic carbocycles. The summed E-state index contributed by atoms with van der Waals surface area (Å²) in [4.78, 5) is 25.9. The minimum absolute atomic E-state index is 0.0220. The number of likely N-dealkylation sites (tertiary alicyclic amines) is 1. The Morgan fingerprint density at radius 3 is 2.88 bits per heavy atom. The Labute approximate surface area is 144 Å². The van der Waals surface area contributed by atoms with Crippen molar-refractivity contribution in [1.82, 2.24) is 14.7 Å². The summed E-state index contributed by atoms with van der Waals surface area (Å²) in [6, 6.07) is 5.37. The molecule has 0 saturated carbocycles. The summed E-state index contributed by atoms with van der Waals surface area (Å²) in [5.41, 5.74) is 6.14. The highest BCUT2D eigenvalue weighted by molar-refractivity contribution is 5.98. The van der Waals surface area contributed by atoms with E-state index in [1.54, 1.807) is 34.0 Å². The third-order valence-corrected chi connectivity index (χ3v) is 4.51. The van der Waals surface area contributed by atoms with Crippen LogP contribution in [0.1, 0.15) is 33.2 Å². The molecule has 2 N–H and O–H groups in total. The minimum atomic E-state index is -0.509. The number of nitrogens with zero attached hydrogens (tertiary/aromatic N) is 3. The van der Waals surface area contributed by atoms with Gasteiger partial charge in [-0.15, -0.1) is 0 Å². The lowest BCUT2D eigenvalue weighted by Gasteiger charge is -2.23. The van der Waals surface area contributed by atoms with Gasteiger partial charge in [0.15, 0.2) is 11.5 Å². The molecule has 1 aromatic carbocycles. The van der Waals surface area contributed by atoms with Crippen LogP contribution < -0.4 is 15.2 Å². The number of aromatic nitrogens is 2. The van der Waals surface area contributed by atoms with E-state index in [1.807, 2.05) is 0 Å². The van der Waals surface area contributed by atoms with Gasteiger partial charge in [-0.1, -0.05) is 6.07 Å². The molecule has 1 saturated heterocycles. The maximum absolute atomic E-state index is 12.9. The molecule has 1 fully saturated rings. The predicted octanol–water partition coefficient (Wildman–Crippen LogP) is 0.840. The smallest absolute Gasteiger partial charge is 0.257 e. The van der Waals surface area contributed by atoms with Crippen molar-refractivity contribution in [2.24, 2.45) is 5.73 Å². The van der Waals surface area contributed by atoms with Crippen molar-refractivity contribution in [3.8, 4) is 11.5 Å².